The van der Waals surface area contributed by atoms with Gasteiger partial charge in [0.05, 0.1) is 6.54 Å². The number of hydrogen-bond donors (Lipinski definition) is 1. The molecular formula is C15H18BrNO. The third kappa shape index (κ3) is 2.34. The molecule has 1 heterocycles. The first kappa shape index (κ1) is 12.2. The number of furan rings is 1. The van der Waals surface area contributed by atoms with Gasteiger partial charge in [0.15, 0.2) is 0 Å². The number of fused-ring (bicyclic) bond motifs is 1. The summed E-state index contributed by atoms with van der Waals surface area (Å²) in [4.78, 5) is 0. The van der Waals surface area contributed by atoms with Gasteiger partial charge in [-0.1, -0.05) is 29.8 Å². The van der Waals surface area contributed by atoms with E-state index in [1.165, 1.54) is 23.8 Å². The highest BCUT2D eigenvalue weighted by Crippen LogP contribution is 2.46. The van der Waals surface area contributed by atoms with E-state index < -0.39 is 0 Å². The largest absolute Gasteiger partial charge is 0.459 e. The molecule has 0 bridgehead atoms. The minimum Gasteiger partial charge on any atom is -0.459 e. The van der Waals surface area contributed by atoms with Crippen LogP contribution in [0.15, 0.2) is 27.1 Å². The molecule has 0 aliphatic heterocycles. The van der Waals surface area contributed by atoms with Gasteiger partial charge in [0, 0.05) is 21.5 Å². The van der Waals surface area contributed by atoms with Crippen LogP contribution in [0.5, 0.6) is 0 Å². The molecule has 96 valence electrons. The zero-order valence-electron chi connectivity index (χ0n) is 10.8. The summed E-state index contributed by atoms with van der Waals surface area (Å²) in [5.41, 5.74) is 2.44. The van der Waals surface area contributed by atoms with Crippen LogP contribution < -0.4 is 5.32 Å². The highest BCUT2D eigenvalue weighted by molar-refractivity contribution is 9.10. The second-order valence-corrected chi connectivity index (χ2v) is 6.30. The molecule has 0 radical (unpaired) electrons. The molecule has 1 fully saturated rings. The first-order chi connectivity index (χ1) is 8.65. The highest BCUT2D eigenvalue weighted by Gasteiger charge is 2.30. The van der Waals surface area contributed by atoms with Crippen molar-refractivity contribution in [3.63, 3.8) is 0 Å². The lowest BCUT2D eigenvalue weighted by molar-refractivity contribution is 0.483. The molecule has 0 unspecified atom stereocenters. The quantitative estimate of drug-likeness (QED) is 0.895. The Morgan fingerprint density at radius 3 is 2.83 bits per heavy atom. The smallest absolute Gasteiger partial charge is 0.134 e. The van der Waals surface area contributed by atoms with E-state index in [4.69, 9.17) is 4.42 Å². The van der Waals surface area contributed by atoms with Gasteiger partial charge in [0.25, 0.3) is 0 Å². The maximum Gasteiger partial charge on any atom is 0.134 e. The Hall–Kier alpha value is -0.800. The molecule has 3 heteroatoms. The van der Waals surface area contributed by atoms with Gasteiger partial charge in [-0.2, -0.15) is 0 Å². The standard InChI is InChI=1S/C15H18BrNO/c1-9(2)17-8-14-15(10-3-4-10)12-7-11(16)5-6-13(12)18-14/h5-7,9-10,17H,3-4,8H2,1-2H3. The molecule has 18 heavy (non-hydrogen) atoms. The van der Waals surface area contributed by atoms with Crippen molar-refractivity contribution in [3.8, 4) is 0 Å². The summed E-state index contributed by atoms with van der Waals surface area (Å²) in [6.07, 6.45) is 2.60. The minimum atomic E-state index is 0.483. The Kier molecular flexibility index (Phi) is 3.20. The number of nitrogens with one attached hydrogen (secondary N) is 1. The van der Waals surface area contributed by atoms with Crippen molar-refractivity contribution < 1.29 is 4.42 Å². The minimum absolute atomic E-state index is 0.483. The topological polar surface area (TPSA) is 25.2 Å². The third-order valence-electron chi connectivity index (χ3n) is 3.42. The summed E-state index contributed by atoms with van der Waals surface area (Å²) in [6.45, 7) is 5.15. The molecule has 0 atom stereocenters. The molecule has 0 spiro atoms. The van der Waals surface area contributed by atoms with Crippen molar-refractivity contribution >= 4 is 26.9 Å². The Labute approximate surface area is 116 Å². The van der Waals surface area contributed by atoms with Gasteiger partial charge < -0.3 is 9.73 Å². The summed E-state index contributed by atoms with van der Waals surface area (Å²) >= 11 is 3.55. The van der Waals surface area contributed by atoms with Crippen LogP contribution in [0.3, 0.4) is 0 Å². The van der Waals surface area contributed by atoms with Crippen LogP contribution in [0.4, 0.5) is 0 Å². The van der Waals surface area contributed by atoms with Gasteiger partial charge in [-0.05, 0) is 37.0 Å². The van der Waals surface area contributed by atoms with Crippen LogP contribution in [0.1, 0.15) is 43.9 Å². The highest BCUT2D eigenvalue weighted by atomic mass is 79.9. The maximum atomic E-state index is 6.02. The Bertz CT molecular complexity index is 569. The van der Waals surface area contributed by atoms with Crippen molar-refractivity contribution in [2.24, 2.45) is 0 Å². The van der Waals surface area contributed by atoms with Crippen molar-refractivity contribution in [2.75, 3.05) is 0 Å². The lowest BCUT2D eigenvalue weighted by Crippen LogP contribution is -2.22. The third-order valence-corrected chi connectivity index (χ3v) is 3.92. The number of rotatable bonds is 4. The van der Waals surface area contributed by atoms with Gasteiger partial charge >= 0.3 is 0 Å². The van der Waals surface area contributed by atoms with Crippen molar-refractivity contribution in [1.29, 1.82) is 0 Å². The normalized spacial score (nSPS) is 15.8. The van der Waals surface area contributed by atoms with Gasteiger partial charge in [0.2, 0.25) is 0 Å². The fourth-order valence-corrected chi connectivity index (χ4v) is 2.75. The molecule has 0 amide bonds. The van der Waals surface area contributed by atoms with Gasteiger partial charge in [-0.15, -0.1) is 0 Å². The fraction of sp³-hybridized carbons (Fsp3) is 0.467. The molecule has 1 aromatic heterocycles. The number of halogens is 1. The molecule has 1 aromatic carbocycles. The van der Waals surface area contributed by atoms with Crippen LogP contribution in [-0.4, -0.2) is 6.04 Å². The van der Waals surface area contributed by atoms with E-state index >= 15 is 0 Å². The SMILES string of the molecule is CC(C)NCc1oc2ccc(Br)cc2c1C1CC1. The monoisotopic (exact) mass is 307 g/mol. The molecule has 1 saturated carbocycles. The lowest BCUT2D eigenvalue weighted by atomic mass is 10.1. The van der Waals surface area contributed by atoms with Crippen molar-refractivity contribution in [1.82, 2.24) is 5.32 Å². The Morgan fingerprint density at radius 1 is 1.39 bits per heavy atom. The lowest BCUT2D eigenvalue weighted by Gasteiger charge is -2.07. The summed E-state index contributed by atoms with van der Waals surface area (Å²) in [5, 5.41) is 4.74. The van der Waals surface area contributed by atoms with E-state index in [0.717, 1.165) is 22.4 Å². The Balaban J connectivity index is 2.04. The average molecular weight is 308 g/mol. The number of hydrogen-bond acceptors (Lipinski definition) is 2. The van der Waals surface area contributed by atoms with Gasteiger partial charge in [-0.3, -0.25) is 0 Å². The maximum absolute atomic E-state index is 6.02. The first-order valence-electron chi connectivity index (χ1n) is 6.59. The summed E-state index contributed by atoms with van der Waals surface area (Å²) in [6, 6.07) is 6.77. The number of benzene rings is 1. The van der Waals surface area contributed by atoms with Crippen molar-refractivity contribution in [2.45, 2.75) is 45.2 Å². The molecule has 1 aliphatic rings. The van der Waals surface area contributed by atoms with E-state index in [1.54, 1.807) is 0 Å². The molecule has 0 saturated heterocycles. The second kappa shape index (κ2) is 4.71. The van der Waals surface area contributed by atoms with Gasteiger partial charge in [-0.25, -0.2) is 0 Å². The zero-order chi connectivity index (χ0) is 12.7. The summed E-state index contributed by atoms with van der Waals surface area (Å²) < 4.78 is 7.15. The van der Waals surface area contributed by atoms with Gasteiger partial charge in [0.1, 0.15) is 11.3 Å². The molecule has 1 N–H and O–H groups in total. The molecule has 1 aliphatic carbocycles. The fourth-order valence-electron chi connectivity index (χ4n) is 2.39. The van der Waals surface area contributed by atoms with Crippen LogP contribution >= 0.6 is 15.9 Å². The van der Waals surface area contributed by atoms with Crippen LogP contribution in [0.2, 0.25) is 0 Å². The second-order valence-electron chi connectivity index (χ2n) is 5.39. The first-order valence-corrected chi connectivity index (χ1v) is 7.38. The van der Waals surface area contributed by atoms with E-state index in [1.807, 2.05) is 6.07 Å². The van der Waals surface area contributed by atoms with Crippen LogP contribution in [0, 0.1) is 0 Å². The molecule has 2 aromatic rings. The molecule has 3 rings (SSSR count). The molecule has 2 nitrogen and oxygen atoms in total. The predicted molar refractivity (Wildman–Crippen MR) is 77.9 cm³/mol. The van der Waals surface area contributed by atoms with Crippen molar-refractivity contribution in [3.05, 3.63) is 34.0 Å². The molecular weight excluding hydrogens is 290 g/mol. The van der Waals surface area contributed by atoms with E-state index in [9.17, 15) is 0 Å². The van der Waals surface area contributed by atoms with E-state index in [-0.39, 0.29) is 0 Å². The van der Waals surface area contributed by atoms with E-state index in [2.05, 4.69) is 47.2 Å². The van der Waals surface area contributed by atoms with Crippen LogP contribution in [-0.2, 0) is 6.54 Å². The Morgan fingerprint density at radius 2 is 2.17 bits per heavy atom. The average Bonchev–Trinajstić information content (AvgIpc) is 3.08. The summed E-state index contributed by atoms with van der Waals surface area (Å²) in [5.74, 6) is 1.84. The van der Waals surface area contributed by atoms with Crippen LogP contribution in [0.25, 0.3) is 11.0 Å². The summed E-state index contributed by atoms with van der Waals surface area (Å²) in [7, 11) is 0. The zero-order valence-corrected chi connectivity index (χ0v) is 12.4. The predicted octanol–water partition coefficient (Wildman–Crippen LogP) is 4.57. The van der Waals surface area contributed by atoms with E-state index in [0.29, 0.717) is 12.0 Å².